The first-order chi connectivity index (χ1) is 14.3. The molecule has 1 aromatic heterocycles. The molecule has 0 spiro atoms. The molecular weight excluding hydrogens is 358 g/mol. The lowest BCUT2D eigenvalue weighted by molar-refractivity contribution is 0.271. The number of rotatable bonds is 4. The predicted molar refractivity (Wildman–Crippen MR) is 119 cm³/mol. The van der Waals surface area contributed by atoms with E-state index in [9.17, 15) is 0 Å². The van der Waals surface area contributed by atoms with Crippen LogP contribution in [0.5, 0.6) is 5.75 Å². The maximum atomic E-state index is 5.72. The summed E-state index contributed by atoms with van der Waals surface area (Å²) in [7, 11) is 1.79. The summed E-state index contributed by atoms with van der Waals surface area (Å²) in [5.74, 6) is 1.01. The summed E-state index contributed by atoms with van der Waals surface area (Å²) in [6.07, 6.45) is 6.42. The van der Waals surface area contributed by atoms with Crippen LogP contribution in [-0.4, -0.2) is 36.6 Å². The third-order valence-corrected chi connectivity index (χ3v) is 6.59. The van der Waals surface area contributed by atoms with Crippen molar-refractivity contribution in [3.05, 3.63) is 64.8 Å². The minimum absolute atomic E-state index is 0.208. The van der Waals surface area contributed by atoms with Gasteiger partial charge in [-0.15, -0.1) is 0 Å². The van der Waals surface area contributed by atoms with Gasteiger partial charge in [-0.25, -0.2) is 0 Å². The number of ether oxygens (including phenoxy) is 1. The molecule has 4 nitrogen and oxygen atoms in total. The van der Waals surface area contributed by atoms with E-state index in [-0.39, 0.29) is 6.04 Å². The summed E-state index contributed by atoms with van der Waals surface area (Å²) in [6, 6.07) is 15.6. The van der Waals surface area contributed by atoms with Crippen molar-refractivity contribution in [3.8, 4) is 5.75 Å². The highest BCUT2D eigenvalue weighted by Gasteiger charge is 2.26. The summed E-state index contributed by atoms with van der Waals surface area (Å²) < 4.78 is 5.72. The Morgan fingerprint density at radius 3 is 2.69 bits per heavy atom. The third kappa shape index (κ3) is 3.67. The number of fused-ring (bicyclic) bond motifs is 3. The maximum absolute atomic E-state index is 5.72. The van der Waals surface area contributed by atoms with E-state index >= 15 is 0 Å². The summed E-state index contributed by atoms with van der Waals surface area (Å²) in [5.41, 5.74) is 6.65. The Balaban J connectivity index is 1.49. The van der Waals surface area contributed by atoms with Crippen molar-refractivity contribution in [1.29, 1.82) is 0 Å². The molecule has 0 radical (unpaired) electrons. The largest absolute Gasteiger partial charge is 0.496 e. The highest BCUT2D eigenvalue weighted by Crippen LogP contribution is 2.35. The molecule has 2 N–H and O–H groups in total. The molecule has 3 aromatic rings. The second-order valence-corrected chi connectivity index (χ2v) is 8.46. The summed E-state index contributed by atoms with van der Waals surface area (Å²) in [5, 5.41) is 5.11. The lowest BCUT2D eigenvalue weighted by Crippen LogP contribution is -2.30. The lowest BCUT2D eigenvalue weighted by Gasteiger charge is -2.27. The van der Waals surface area contributed by atoms with Gasteiger partial charge >= 0.3 is 0 Å². The topological polar surface area (TPSA) is 40.3 Å². The fourth-order valence-electron chi connectivity index (χ4n) is 5.10. The van der Waals surface area contributed by atoms with Crippen LogP contribution in [0.15, 0.2) is 42.5 Å². The van der Waals surface area contributed by atoms with Crippen molar-refractivity contribution in [3.63, 3.8) is 0 Å². The SMILES string of the molecule is COc1ccc(C2NCCc3c2[nH]c2ccccc32)cc1CN1CCCCCC1. The molecule has 0 bridgehead atoms. The quantitative estimate of drug-likeness (QED) is 0.674. The number of aromatic amines is 1. The zero-order chi connectivity index (χ0) is 19.6. The summed E-state index contributed by atoms with van der Waals surface area (Å²) in [6.45, 7) is 4.37. The highest BCUT2D eigenvalue weighted by molar-refractivity contribution is 5.85. The Hall–Kier alpha value is -2.30. The number of hydrogen-bond acceptors (Lipinski definition) is 3. The second-order valence-electron chi connectivity index (χ2n) is 8.46. The number of hydrogen-bond donors (Lipinski definition) is 2. The predicted octanol–water partition coefficient (Wildman–Crippen LogP) is 4.79. The first-order valence-electron chi connectivity index (χ1n) is 11.1. The van der Waals surface area contributed by atoms with E-state index in [0.717, 1.165) is 25.3 Å². The Kier molecular flexibility index (Phi) is 5.30. The van der Waals surface area contributed by atoms with Crippen LogP contribution in [0, 0.1) is 0 Å². The van der Waals surface area contributed by atoms with Crippen LogP contribution < -0.4 is 10.1 Å². The molecule has 3 heterocycles. The molecule has 5 rings (SSSR count). The number of H-pyrrole nitrogens is 1. The molecule has 2 aliphatic heterocycles. The molecule has 1 atom stereocenters. The summed E-state index contributed by atoms with van der Waals surface area (Å²) in [4.78, 5) is 6.29. The van der Waals surface area contributed by atoms with Gasteiger partial charge in [0.1, 0.15) is 5.75 Å². The van der Waals surface area contributed by atoms with Gasteiger partial charge in [0.05, 0.1) is 13.2 Å². The van der Waals surface area contributed by atoms with E-state index in [0.29, 0.717) is 0 Å². The van der Waals surface area contributed by atoms with Crippen molar-refractivity contribution >= 4 is 10.9 Å². The lowest BCUT2D eigenvalue weighted by atomic mass is 9.93. The minimum atomic E-state index is 0.208. The molecule has 1 saturated heterocycles. The normalized spacial score (nSPS) is 20.4. The number of benzene rings is 2. The van der Waals surface area contributed by atoms with Gasteiger partial charge in [0.25, 0.3) is 0 Å². The van der Waals surface area contributed by atoms with Crippen LogP contribution in [0.25, 0.3) is 10.9 Å². The molecule has 0 amide bonds. The van der Waals surface area contributed by atoms with E-state index in [4.69, 9.17) is 4.74 Å². The molecule has 1 unspecified atom stereocenters. The monoisotopic (exact) mass is 389 g/mol. The smallest absolute Gasteiger partial charge is 0.123 e. The van der Waals surface area contributed by atoms with E-state index < -0.39 is 0 Å². The van der Waals surface area contributed by atoms with Crippen molar-refractivity contribution in [2.45, 2.75) is 44.7 Å². The molecule has 4 heteroatoms. The van der Waals surface area contributed by atoms with Gasteiger partial charge in [-0.1, -0.05) is 37.1 Å². The van der Waals surface area contributed by atoms with Crippen molar-refractivity contribution in [2.75, 3.05) is 26.7 Å². The molecule has 152 valence electrons. The van der Waals surface area contributed by atoms with Gasteiger partial charge in [0.15, 0.2) is 0 Å². The fraction of sp³-hybridized carbons (Fsp3) is 0.440. The second kappa shape index (κ2) is 8.21. The van der Waals surface area contributed by atoms with Crippen molar-refractivity contribution in [1.82, 2.24) is 15.2 Å². The molecule has 0 aliphatic carbocycles. The van der Waals surface area contributed by atoms with Crippen LogP contribution >= 0.6 is 0 Å². The Morgan fingerprint density at radius 2 is 1.86 bits per heavy atom. The number of methoxy groups -OCH3 is 1. The first-order valence-corrected chi connectivity index (χ1v) is 11.1. The number of nitrogens with one attached hydrogen (secondary N) is 2. The molecule has 0 saturated carbocycles. The minimum Gasteiger partial charge on any atom is -0.496 e. The Labute approximate surface area is 173 Å². The van der Waals surface area contributed by atoms with Gasteiger partial charge in [0.2, 0.25) is 0 Å². The van der Waals surface area contributed by atoms with E-state index in [1.807, 2.05) is 0 Å². The van der Waals surface area contributed by atoms with E-state index in [2.05, 4.69) is 57.7 Å². The Morgan fingerprint density at radius 1 is 1.03 bits per heavy atom. The molecule has 2 aliphatic rings. The number of likely N-dealkylation sites (tertiary alicyclic amines) is 1. The summed E-state index contributed by atoms with van der Waals surface area (Å²) >= 11 is 0. The van der Waals surface area contributed by atoms with E-state index in [1.54, 1.807) is 7.11 Å². The average Bonchev–Trinajstić information content (AvgIpc) is 2.95. The standard InChI is InChI=1S/C25H31N3O/c1-29-23-11-10-18(16-19(23)17-28-14-6-2-3-7-15-28)24-25-21(12-13-26-24)20-8-4-5-9-22(20)27-25/h4-5,8-11,16,24,26-27H,2-3,6-7,12-15,17H2,1H3. The van der Waals surface area contributed by atoms with E-state index in [1.165, 1.54) is 72.1 Å². The number of nitrogens with zero attached hydrogens (tertiary/aromatic N) is 1. The first kappa shape index (κ1) is 18.7. The zero-order valence-corrected chi connectivity index (χ0v) is 17.3. The number of aromatic nitrogens is 1. The van der Waals surface area contributed by atoms with Crippen LogP contribution in [0.2, 0.25) is 0 Å². The average molecular weight is 390 g/mol. The van der Waals surface area contributed by atoms with Gasteiger partial charge in [-0.3, -0.25) is 4.90 Å². The van der Waals surface area contributed by atoms with Crippen molar-refractivity contribution < 1.29 is 4.74 Å². The highest BCUT2D eigenvalue weighted by atomic mass is 16.5. The Bertz CT molecular complexity index is 985. The van der Waals surface area contributed by atoms with Crippen LogP contribution in [0.1, 0.15) is 54.1 Å². The van der Waals surface area contributed by atoms with Gasteiger partial charge in [-0.2, -0.15) is 0 Å². The molecule has 1 fully saturated rings. The van der Waals surface area contributed by atoms with Crippen molar-refractivity contribution in [2.24, 2.45) is 0 Å². The van der Waals surface area contributed by atoms with Crippen LogP contribution in [0.4, 0.5) is 0 Å². The molecule has 29 heavy (non-hydrogen) atoms. The van der Waals surface area contributed by atoms with Gasteiger partial charge in [-0.05, 0) is 61.7 Å². The van der Waals surface area contributed by atoms with Crippen LogP contribution in [-0.2, 0) is 13.0 Å². The van der Waals surface area contributed by atoms with Gasteiger partial charge < -0.3 is 15.0 Å². The molecular formula is C25H31N3O. The zero-order valence-electron chi connectivity index (χ0n) is 17.3. The number of para-hydroxylation sites is 1. The van der Waals surface area contributed by atoms with Crippen LogP contribution in [0.3, 0.4) is 0 Å². The maximum Gasteiger partial charge on any atom is 0.123 e. The fourth-order valence-corrected chi connectivity index (χ4v) is 5.10. The molecule has 2 aromatic carbocycles. The van der Waals surface area contributed by atoms with Gasteiger partial charge in [0, 0.05) is 35.2 Å². The third-order valence-electron chi connectivity index (χ3n) is 6.59.